The largest absolute Gasteiger partial charge is 0.351 e. The van der Waals surface area contributed by atoms with Crippen LogP contribution < -0.4 is 5.32 Å². The minimum absolute atomic E-state index is 0.175. The minimum atomic E-state index is -0.327. The van der Waals surface area contributed by atoms with Crippen LogP contribution in [-0.2, 0) is 0 Å². The Labute approximate surface area is 136 Å². The third-order valence-electron chi connectivity index (χ3n) is 3.71. The van der Waals surface area contributed by atoms with Crippen molar-refractivity contribution in [2.24, 2.45) is 5.92 Å². The number of carbonyl (C=O) groups excluding carboxylic acids is 1. The predicted molar refractivity (Wildman–Crippen MR) is 82.9 cm³/mol. The number of rotatable bonds is 5. The second-order valence-corrected chi connectivity index (χ2v) is 6.66. The van der Waals surface area contributed by atoms with Gasteiger partial charge in [0.2, 0.25) is 5.76 Å². The molecule has 4 nitrogen and oxygen atoms in total. The van der Waals surface area contributed by atoms with Crippen LogP contribution in [0.25, 0.3) is 0 Å². The van der Waals surface area contributed by atoms with Gasteiger partial charge in [-0.1, -0.05) is 33.9 Å². The molecule has 1 aromatic carbocycles. The van der Waals surface area contributed by atoms with Gasteiger partial charge in [-0.3, -0.25) is 4.79 Å². The highest BCUT2D eigenvalue weighted by Gasteiger charge is 2.28. The molecule has 22 heavy (non-hydrogen) atoms. The van der Waals surface area contributed by atoms with Crippen LogP contribution in [0.15, 0.2) is 33.3 Å². The number of nitrogens with one attached hydrogen (secondary N) is 1. The van der Waals surface area contributed by atoms with Crippen molar-refractivity contribution in [3.05, 3.63) is 51.6 Å². The quantitative estimate of drug-likeness (QED) is 0.864. The zero-order chi connectivity index (χ0) is 15.7. The zero-order valence-electron chi connectivity index (χ0n) is 12.1. The van der Waals surface area contributed by atoms with Gasteiger partial charge in [0.1, 0.15) is 5.82 Å². The van der Waals surface area contributed by atoms with Gasteiger partial charge in [0, 0.05) is 10.5 Å². The third-order valence-corrected chi connectivity index (χ3v) is 4.17. The van der Waals surface area contributed by atoms with Crippen LogP contribution in [-0.4, -0.2) is 11.1 Å². The van der Waals surface area contributed by atoms with Crippen molar-refractivity contribution < 1.29 is 13.7 Å². The SMILES string of the molecule is Cc1cc(C(=O)NC(CC2CC2)c2cc(F)cc(Br)c2)on1. The van der Waals surface area contributed by atoms with Crippen LogP contribution >= 0.6 is 15.9 Å². The van der Waals surface area contributed by atoms with E-state index in [0.29, 0.717) is 16.1 Å². The number of aryl methyl sites for hydroxylation is 1. The summed E-state index contributed by atoms with van der Waals surface area (Å²) in [6, 6.07) is 6.05. The molecule has 1 atom stereocenters. The number of nitrogens with zero attached hydrogens (tertiary/aromatic N) is 1. The maximum atomic E-state index is 13.6. The lowest BCUT2D eigenvalue weighted by molar-refractivity contribution is 0.0896. The van der Waals surface area contributed by atoms with Gasteiger partial charge < -0.3 is 9.84 Å². The molecule has 3 rings (SSSR count). The van der Waals surface area contributed by atoms with Crippen LogP contribution in [0.2, 0.25) is 0 Å². The molecule has 1 N–H and O–H groups in total. The van der Waals surface area contributed by atoms with E-state index in [-0.39, 0.29) is 23.5 Å². The molecule has 1 heterocycles. The van der Waals surface area contributed by atoms with E-state index in [1.165, 1.54) is 12.1 Å². The number of aromatic nitrogens is 1. The van der Waals surface area contributed by atoms with Crippen molar-refractivity contribution in [3.8, 4) is 0 Å². The van der Waals surface area contributed by atoms with Gasteiger partial charge in [-0.25, -0.2) is 4.39 Å². The van der Waals surface area contributed by atoms with Crippen molar-refractivity contribution in [3.63, 3.8) is 0 Å². The molecule has 0 bridgehead atoms. The Morgan fingerprint density at radius 1 is 1.45 bits per heavy atom. The molecule has 0 spiro atoms. The van der Waals surface area contributed by atoms with Gasteiger partial charge in [0.25, 0.3) is 5.91 Å². The van der Waals surface area contributed by atoms with Crippen LogP contribution in [0.5, 0.6) is 0 Å². The number of benzene rings is 1. The molecule has 1 fully saturated rings. The topological polar surface area (TPSA) is 55.1 Å². The van der Waals surface area contributed by atoms with Crippen molar-refractivity contribution in [2.75, 3.05) is 0 Å². The van der Waals surface area contributed by atoms with Crippen molar-refractivity contribution >= 4 is 21.8 Å². The van der Waals surface area contributed by atoms with Gasteiger partial charge in [-0.05, 0) is 43.0 Å². The molecule has 116 valence electrons. The number of amides is 1. The van der Waals surface area contributed by atoms with Gasteiger partial charge in [-0.2, -0.15) is 0 Å². The summed E-state index contributed by atoms with van der Waals surface area (Å²) >= 11 is 3.30. The molecular weight excluding hydrogens is 351 g/mol. The smallest absolute Gasteiger partial charge is 0.290 e. The van der Waals surface area contributed by atoms with Crippen molar-refractivity contribution in [1.29, 1.82) is 0 Å². The molecule has 1 aliphatic rings. The molecule has 1 amide bonds. The number of hydrogen-bond acceptors (Lipinski definition) is 3. The molecule has 1 unspecified atom stereocenters. The average molecular weight is 367 g/mol. The monoisotopic (exact) mass is 366 g/mol. The number of hydrogen-bond donors (Lipinski definition) is 1. The van der Waals surface area contributed by atoms with E-state index in [2.05, 4.69) is 26.4 Å². The van der Waals surface area contributed by atoms with Crippen LogP contribution in [0.3, 0.4) is 0 Å². The first-order chi connectivity index (χ1) is 10.5. The standard InChI is InChI=1S/C16H16BrFN2O2/c1-9-4-15(22-20-9)16(21)19-14(5-10-2-3-10)11-6-12(17)8-13(18)7-11/h4,6-8,10,14H,2-3,5H2,1H3,(H,19,21). The fraction of sp³-hybridized carbons (Fsp3) is 0.375. The van der Waals surface area contributed by atoms with Crippen molar-refractivity contribution in [1.82, 2.24) is 10.5 Å². The molecule has 0 saturated heterocycles. The Morgan fingerprint density at radius 3 is 2.82 bits per heavy atom. The number of carbonyl (C=O) groups is 1. The maximum Gasteiger partial charge on any atom is 0.290 e. The fourth-order valence-corrected chi connectivity index (χ4v) is 2.92. The normalized spacial score (nSPS) is 15.6. The zero-order valence-corrected chi connectivity index (χ0v) is 13.7. The Morgan fingerprint density at radius 2 is 2.23 bits per heavy atom. The second kappa shape index (κ2) is 6.20. The van der Waals surface area contributed by atoms with Crippen molar-refractivity contribution in [2.45, 2.75) is 32.2 Å². The Bertz CT molecular complexity index is 677. The lowest BCUT2D eigenvalue weighted by atomic mass is 10.0. The van der Waals surface area contributed by atoms with E-state index in [1.807, 2.05) is 6.07 Å². The summed E-state index contributed by atoms with van der Waals surface area (Å²) < 4.78 is 19.3. The highest BCUT2D eigenvalue weighted by Crippen LogP contribution is 2.38. The first kappa shape index (κ1) is 15.2. The van der Waals surface area contributed by atoms with E-state index < -0.39 is 0 Å². The molecular formula is C16H16BrFN2O2. The summed E-state index contributed by atoms with van der Waals surface area (Å²) in [5.41, 5.74) is 1.40. The maximum absolute atomic E-state index is 13.6. The van der Waals surface area contributed by atoms with Crippen LogP contribution in [0.1, 0.15) is 47.1 Å². The molecule has 1 aliphatic carbocycles. The predicted octanol–water partition coefficient (Wildman–Crippen LogP) is 4.16. The Hall–Kier alpha value is -1.69. The van der Waals surface area contributed by atoms with E-state index in [4.69, 9.17) is 4.52 Å². The summed E-state index contributed by atoms with van der Waals surface area (Å²) in [5.74, 6) is 0.110. The fourth-order valence-electron chi connectivity index (χ4n) is 2.44. The summed E-state index contributed by atoms with van der Waals surface area (Å²) in [7, 11) is 0. The van der Waals surface area contributed by atoms with Gasteiger partial charge in [-0.15, -0.1) is 0 Å². The summed E-state index contributed by atoms with van der Waals surface area (Å²) in [6.45, 7) is 1.76. The van der Waals surface area contributed by atoms with Crippen LogP contribution in [0, 0.1) is 18.7 Å². The molecule has 2 aromatic rings. The molecule has 6 heteroatoms. The third kappa shape index (κ3) is 3.74. The van der Waals surface area contributed by atoms with Gasteiger partial charge in [0.05, 0.1) is 11.7 Å². The van der Waals surface area contributed by atoms with E-state index >= 15 is 0 Å². The first-order valence-electron chi connectivity index (χ1n) is 7.21. The Kier molecular flexibility index (Phi) is 4.29. The highest BCUT2D eigenvalue weighted by atomic mass is 79.9. The second-order valence-electron chi connectivity index (χ2n) is 5.74. The molecule has 0 radical (unpaired) electrons. The summed E-state index contributed by atoms with van der Waals surface area (Å²) in [4.78, 5) is 12.3. The Balaban J connectivity index is 1.81. The lowest BCUT2D eigenvalue weighted by Crippen LogP contribution is -2.28. The summed E-state index contributed by atoms with van der Waals surface area (Å²) in [6.07, 6.45) is 3.11. The van der Waals surface area contributed by atoms with Gasteiger partial charge in [0.15, 0.2) is 0 Å². The summed E-state index contributed by atoms with van der Waals surface area (Å²) in [5, 5.41) is 6.64. The first-order valence-corrected chi connectivity index (χ1v) is 8.01. The number of halogens is 2. The minimum Gasteiger partial charge on any atom is -0.351 e. The van der Waals surface area contributed by atoms with Gasteiger partial charge >= 0.3 is 0 Å². The molecule has 0 aliphatic heterocycles. The lowest BCUT2D eigenvalue weighted by Gasteiger charge is -2.19. The van der Waals surface area contributed by atoms with E-state index in [9.17, 15) is 9.18 Å². The molecule has 1 aromatic heterocycles. The van der Waals surface area contributed by atoms with E-state index in [1.54, 1.807) is 13.0 Å². The van der Waals surface area contributed by atoms with E-state index in [0.717, 1.165) is 24.8 Å². The van der Waals surface area contributed by atoms with Crippen LogP contribution in [0.4, 0.5) is 4.39 Å². The average Bonchev–Trinajstić information content (AvgIpc) is 3.15. The highest BCUT2D eigenvalue weighted by molar-refractivity contribution is 9.10. The molecule has 1 saturated carbocycles.